The van der Waals surface area contributed by atoms with Crippen molar-refractivity contribution in [3.63, 3.8) is 0 Å². The van der Waals surface area contributed by atoms with Crippen molar-refractivity contribution < 1.29 is 14.3 Å². The van der Waals surface area contributed by atoms with Crippen LogP contribution in [0.5, 0.6) is 11.5 Å². The number of aromatic amines is 1. The molecule has 8 nitrogen and oxygen atoms in total. The molecule has 9 heteroatoms. The number of amides is 1. The molecule has 2 aromatic heterocycles. The number of ether oxygens (including phenoxy) is 2. The number of benzene rings is 2. The third-order valence-corrected chi connectivity index (χ3v) is 5.18. The summed E-state index contributed by atoms with van der Waals surface area (Å²) in [4.78, 5) is 20.1. The van der Waals surface area contributed by atoms with Crippen molar-refractivity contribution in [3.8, 4) is 11.5 Å². The summed E-state index contributed by atoms with van der Waals surface area (Å²) < 4.78 is 10.5. The highest BCUT2D eigenvalue weighted by molar-refractivity contribution is 7.99. The van der Waals surface area contributed by atoms with Gasteiger partial charge in [-0.15, -0.1) is 10.2 Å². The number of H-pyrrole nitrogens is 1. The third-order valence-electron chi connectivity index (χ3n) is 4.34. The van der Waals surface area contributed by atoms with Crippen molar-refractivity contribution in [1.82, 2.24) is 20.2 Å². The first-order valence-corrected chi connectivity index (χ1v) is 9.92. The van der Waals surface area contributed by atoms with Gasteiger partial charge in [0.1, 0.15) is 17.0 Å². The Kier molecular flexibility index (Phi) is 5.48. The summed E-state index contributed by atoms with van der Waals surface area (Å²) in [6, 6.07) is 13.1. The molecule has 0 radical (unpaired) electrons. The number of nitrogens with one attached hydrogen (secondary N) is 2. The van der Waals surface area contributed by atoms with Crippen LogP contribution in [-0.4, -0.2) is 46.0 Å². The van der Waals surface area contributed by atoms with Crippen molar-refractivity contribution in [2.75, 3.05) is 25.3 Å². The average Bonchev–Trinajstić information content (AvgIpc) is 3.11. The summed E-state index contributed by atoms with van der Waals surface area (Å²) in [5.74, 6) is 1.60. The van der Waals surface area contributed by atoms with E-state index in [9.17, 15) is 4.79 Å². The van der Waals surface area contributed by atoms with Gasteiger partial charge in [0.05, 0.1) is 19.9 Å². The molecule has 0 aliphatic rings. The predicted molar refractivity (Wildman–Crippen MR) is 113 cm³/mol. The number of fused-ring (bicyclic) bond motifs is 3. The summed E-state index contributed by atoms with van der Waals surface area (Å²) in [5, 5.41) is 12.8. The number of aromatic nitrogens is 4. The zero-order valence-electron chi connectivity index (χ0n) is 15.9. The minimum atomic E-state index is -0.135. The lowest BCUT2D eigenvalue weighted by Crippen LogP contribution is -2.13. The lowest BCUT2D eigenvalue weighted by Gasteiger charge is -2.11. The Morgan fingerprint density at radius 3 is 2.83 bits per heavy atom. The van der Waals surface area contributed by atoms with Gasteiger partial charge in [0.25, 0.3) is 0 Å². The molecular formula is C20H19N5O3S. The molecule has 0 unspecified atom stereocenters. The number of hydrogen-bond acceptors (Lipinski definition) is 7. The Morgan fingerprint density at radius 1 is 1.14 bits per heavy atom. The second kappa shape index (κ2) is 8.36. The maximum absolute atomic E-state index is 12.3. The van der Waals surface area contributed by atoms with Gasteiger partial charge in [0, 0.05) is 29.1 Å². The van der Waals surface area contributed by atoms with Gasteiger partial charge in [0.2, 0.25) is 11.1 Å². The van der Waals surface area contributed by atoms with E-state index in [1.165, 1.54) is 11.8 Å². The monoisotopic (exact) mass is 409 g/mol. The van der Waals surface area contributed by atoms with Crippen LogP contribution >= 0.6 is 11.8 Å². The average molecular weight is 409 g/mol. The van der Waals surface area contributed by atoms with Crippen LogP contribution < -0.4 is 14.8 Å². The van der Waals surface area contributed by atoms with E-state index in [-0.39, 0.29) is 5.91 Å². The second-order valence-corrected chi connectivity index (χ2v) is 7.24. The number of hydrogen-bond donors (Lipinski definition) is 2. The van der Waals surface area contributed by atoms with Crippen molar-refractivity contribution in [1.29, 1.82) is 0 Å². The number of methoxy groups -OCH3 is 2. The fourth-order valence-corrected chi connectivity index (χ4v) is 3.65. The number of para-hydroxylation sites is 1. The first-order chi connectivity index (χ1) is 14.2. The van der Waals surface area contributed by atoms with E-state index < -0.39 is 0 Å². The van der Waals surface area contributed by atoms with Crippen molar-refractivity contribution in [3.05, 3.63) is 42.5 Å². The molecule has 4 aromatic rings. The lowest BCUT2D eigenvalue weighted by molar-refractivity contribution is -0.115. The normalized spacial score (nSPS) is 11.0. The molecule has 0 atom stereocenters. The number of rotatable bonds is 7. The van der Waals surface area contributed by atoms with Crippen LogP contribution in [-0.2, 0) is 4.79 Å². The molecular weight excluding hydrogens is 390 g/mol. The van der Waals surface area contributed by atoms with E-state index in [0.717, 1.165) is 16.4 Å². The summed E-state index contributed by atoms with van der Waals surface area (Å²) in [5.41, 5.74) is 2.97. The highest BCUT2D eigenvalue weighted by atomic mass is 32.2. The van der Waals surface area contributed by atoms with Crippen molar-refractivity contribution in [2.24, 2.45) is 0 Å². The Bertz CT molecular complexity index is 1180. The fourth-order valence-electron chi connectivity index (χ4n) is 2.93. The highest BCUT2D eigenvalue weighted by Crippen LogP contribution is 2.29. The smallest absolute Gasteiger partial charge is 0.225 e. The molecule has 0 saturated heterocycles. The van der Waals surface area contributed by atoms with E-state index in [1.54, 1.807) is 32.4 Å². The maximum Gasteiger partial charge on any atom is 0.225 e. The van der Waals surface area contributed by atoms with Gasteiger partial charge in [-0.1, -0.05) is 30.0 Å². The number of carbonyl (C=O) groups is 1. The quantitative estimate of drug-likeness (QED) is 0.449. The number of carbonyl (C=O) groups excluding carboxylic acids is 1. The largest absolute Gasteiger partial charge is 0.497 e. The van der Waals surface area contributed by atoms with E-state index in [0.29, 0.717) is 40.2 Å². The topological polar surface area (TPSA) is 102 Å². The molecule has 0 saturated carbocycles. The van der Waals surface area contributed by atoms with Gasteiger partial charge in [0.15, 0.2) is 5.65 Å². The molecule has 29 heavy (non-hydrogen) atoms. The van der Waals surface area contributed by atoms with E-state index in [4.69, 9.17) is 9.47 Å². The first-order valence-electron chi connectivity index (χ1n) is 8.94. The van der Waals surface area contributed by atoms with Crippen LogP contribution in [0.3, 0.4) is 0 Å². The van der Waals surface area contributed by atoms with Crippen LogP contribution in [0.2, 0.25) is 0 Å². The molecule has 0 aliphatic carbocycles. The van der Waals surface area contributed by atoms with Crippen LogP contribution in [0.15, 0.2) is 47.6 Å². The van der Waals surface area contributed by atoms with Crippen LogP contribution in [0, 0.1) is 0 Å². The van der Waals surface area contributed by atoms with Crippen molar-refractivity contribution in [2.45, 2.75) is 11.6 Å². The third kappa shape index (κ3) is 4.09. The maximum atomic E-state index is 12.3. The molecule has 148 valence electrons. The summed E-state index contributed by atoms with van der Waals surface area (Å²) >= 11 is 1.38. The van der Waals surface area contributed by atoms with Gasteiger partial charge in [-0.25, -0.2) is 4.98 Å². The van der Waals surface area contributed by atoms with Crippen LogP contribution in [0.1, 0.15) is 6.42 Å². The Balaban J connectivity index is 1.38. The SMILES string of the molecule is COc1ccc(OC)c(NC(=O)CCSc2nnc3c(n2)[nH]c2ccccc23)c1. The van der Waals surface area contributed by atoms with Gasteiger partial charge in [-0.05, 0) is 18.2 Å². The molecule has 2 N–H and O–H groups in total. The van der Waals surface area contributed by atoms with Gasteiger partial charge >= 0.3 is 0 Å². The van der Waals surface area contributed by atoms with Crippen LogP contribution in [0.25, 0.3) is 22.1 Å². The Morgan fingerprint density at radius 2 is 2.00 bits per heavy atom. The Labute approximate surface area is 171 Å². The molecule has 2 aromatic carbocycles. The number of nitrogens with zero attached hydrogens (tertiary/aromatic N) is 3. The highest BCUT2D eigenvalue weighted by Gasteiger charge is 2.12. The van der Waals surface area contributed by atoms with Gasteiger partial charge < -0.3 is 19.8 Å². The zero-order chi connectivity index (χ0) is 20.2. The second-order valence-electron chi connectivity index (χ2n) is 6.18. The lowest BCUT2D eigenvalue weighted by atomic mass is 10.2. The fraction of sp³-hybridized carbons (Fsp3) is 0.200. The van der Waals surface area contributed by atoms with E-state index in [1.807, 2.05) is 24.3 Å². The standard InChI is InChI=1S/C20H19N5O3S/c1-27-12-7-8-16(28-2)15(11-12)21-17(26)9-10-29-20-23-19-18(24-25-20)13-5-3-4-6-14(13)22-19/h3-8,11H,9-10H2,1-2H3,(H,21,26)(H,22,23,25). The van der Waals surface area contributed by atoms with Gasteiger partial charge in [-0.2, -0.15) is 0 Å². The molecule has 0 fully saturated rings. The Hall–Kier alpha value is -3.33. The summed E-state index contributed by atoms with van der Waals surface area (Å²) in [6.07, 6.45) is 0.291. The first kappa shape index (κ1) is 19.0. The molecule has 4 rings (SSSR count). The van der Waals surface area contributed by atoms with Crippen molar-refractivity contribution >= 4 is 45.4 Å². The summed E-state index contributed by atoms with van der Waals surface area (Å²) in [7, 11) is 3.12. The van der Waals surface area contributed by atoms with Crippen LogP contribution in [0.4, 0.5) is 5.69 Å². The number of anilines is 1. The minimum absolute atomic E-state index is 0.135. The predicted octanol–water partition coefficient (Wildman–Crippen LogP) is 3.64. The number of thioether (sulfide) groups is 1. The van der Waals surface area contributed by atoms with Gasteiger partial charge in [-0.3, -0.25) is 4.79 Å². The minimum Gasteiger partial charge on any atom is -0.497 e. The molecule has 0 bridgehead atoms. The summed E-state index contributed by atoms with van der Waals surface area (Å²) in [6.45, 7) is 0. The van der Waals surface area contributed by atoms with E-state index in [2.05, 4.69) is 25.5 Å². The molecule has 0 spiro atoms. The molecule has 1 amide bonds. The van der Waals surface area contributed by atoms with E-state index >= 15 is 0 Å². The zero-order valence-corrected chi connectivity index (χ0v) is 16.7. The molecule has 2 heterocycles. The molecule has 0 aliphatic heterocycles.